The molecule has 0 radical (unpaired) electrons. The van der Waals surface area contributed by atoms with Gasteiger partial charge in [-0.15, -0.1) is 0 Å². The van der Waals surface area contributed by atoms with Crippen LogP contribution in [0.25, 0.3) is 44.3 Å². The standard InChI is InChI=1S/C38H30F3N3O6S2/c1-23-5-11-28(12-6-23)51(45,46)43-21-32(30-15-9-26(49-3)19-36(30)43)34-17-25(38(39,40)41)18-35(42-34)33-22-44(37-20-27(50-4)10-16-31(33)37)52(47,48)29-13-7-24(2)8-14-29/h5-22H,1-4H3. The number of nitrogens with zero attached hydrogens (tertiary/aromatic N) is 3. The number of methoxy groups -OCH3 is 2. The number of aryl methyl sites for hydroxylation is 2. The van der Waals surface area contributed by atoms with E-state index in [1.807, 2.05) is 13.8 Å². The Kier molecular flexibility index (Phi) is 8.42. The maximum absolute atomic E-state index is 14.6. The van der Waals surface area contributed by atoms with E-state index in [2.05, 4.69) is 4.98 Å². The van der Waals surface area contributed by atoms with Gasteiger partial charge in [0.2, 0.25) is 0 Å². The predicted molar refractivity (Wildman–Crippen MR) is 192 cm³/mol. The molecule has 266 valence electrons. The fraction of sp³-hybridized carbons (Fsp3) is 0.132. The van der Waals surface area contributed by atoms with E-state index < -0.39 is 31.8 Å². The fourth-order valence-corrected chi connectivity index (χ4v) is 8.76. The molecule has 0 saturated heterocycles. The lowest BCUT2D eigenvalue weighted by atomic mass is 10.0. The summed E-state index contributed by atoms with van der Waals surface area (Å²) in [6.07, 6.45) is -2.37. The average molecular weight is 746 g/mol. The first-order chi connectivity index (χ1) is 24.6. The molecule has 0 saturated carbocycles. The zero-order valence-electron chi connectivity index (χ0n) is 28.1. The monoisotopic (exact) mass is 745 g/mol. The lowest BCUT2D eigenvalue weighted by Crippen LogP contribution is -2.12. The van der Waals surface area contributed by atoms with Crippen molar-refractivity contribution in [3.8, 4) is 34.0 Å². The lowest BCUT2D eigenvalue weighted by molar-refractivity contribution is -0.137. The van der Waals surface area contributed by atoms with Crippen LogP contribution >= 0.6 is 0 Å². The Labute approximate surface area is 297 Å². The van der Waals surface area contributed by atoms with Gasteiger partial charge in [-0.1, -0.05) is 35.4 Å². The summed E-state index contributed by atoms with van der Waals surface area (Å²) in [5.74, 6) is 0.654. The van der Waals surface area contributed by atoms with Gasteiger partial charge >= 0.3 is 6.18 Å². The number of ether oxygens (including phenoxy) is 2. The van der Waals surface area contributed by atoms with Gasteiger partial charge in [-0.3, -0.25) is 0 Å². The molecule has 3 heterocycles. The molecular weight excluding hydrogens is 716 g/mol. The third-order valence-corrected chi connectivity index (χ3v) is 12.2. The lowest BCUT2D eigenvalue weighted by Gasteiger charge is -2.11. The molecule has 7 rings (SSSR count). The Hall–Kier alpha value is -5.60. The minimum Gasteiger partial charge on any atom is -0.497 e. The van der Waals surface area contributed by atoms with Gasteiger partial charge < -0.3 is 9.47 Å². The predicted octanol–water partition coefficient (Wildman–Crippen LogP) is 8.45. The van der Waals surface area contributed by atoms with Crippen LogP contribution in [0.1, 0.15) is 16.7 Å². The molecule has 52 heavy (non-hydrogen) atoms. The Morgan fingerprint density at radius 3 is 1.31 bits per heavy atom. The molecule has 0 aliphatic carbocycles. The number of halogens is 3. The molecule has 7 aromatic rings. The van der Waals surface area contributed by atoms with Crippen molar-refractivity contribution < 1.29 is 39.5 Å². The molecule has 4 aromatic carbocycles. The van der Waals surface area contributed by atoms with Gasteiger partial charge in [-0.2, -0.15) is 13.2 Å². The Morgan fingerprint density at radius 2 is 0.962 bits per heavy atom. The molecule has 0 unspecified atom stereocenters. The molecule has 0 amide bonds. The Morgan fingerprint density at radius 1 is 0.577 bits per heavy atom. The summed E-state index contributed by atoms with van der Waals surface area (Å²) in [6, 6.07) is 23.3. The molecule has 0 bridgehead atoms. The van der Waals surface area contributed by atoms with Crippen LogP contribution in [0.15, 0.2) is 119 Å². The van der Waals surface area contributed by atoms with Gasteiger partial charge in [-0.25, -0.2) is 29.8 Å². The summed E-state index contributed by atoms with van der Waals surface area (Å²) in [5, 5.41) is 0.590. The molecule has 14 heteroatoms. The topological polar surface area (TPSA) is 109 Å². The number of benzene rings is 4. The number of rotatable bonds is 8. The molecule has 9 nitrogen and oxygen atoms in total. The van der Waals surface area contributed by atoms with Crippen LogP contribution in [-0.2, 0) is 26.2 Å². The summed E-state index contributed by atoms with van der Waals surface area (Å²) in [4.78, 5) is 4.60. The second-order valence-electron chi connectivity index (χ2n) is 12.2. The van der Waals surface area contributed by atoms with E-state index in [-0.39, 0.29) is 43.3 Å². The van der Waals surface area contributed by atoms with E-state index in [1.54, 1.807) is 48.5 Å². The van der Waals surface area contributed by atoms with E-state index in [0.717, 1.165) is 31.2 Å². The minimum atomic E-state index is -4.85. The van der Waals surface area contributed by atoms with Crippen molar-refractivity contribution in [2.24, 2.45) is 0 Å². The SMILES string of the molecule is COc1ccc2c(-c3cc(C(F)(F)F)cc(-c4cn(S(=O)(=O)c5ccc(C)cc5)c5cc(OC)ccc45)n3)cn(S(=O)(=O)c3ccc(C)cc3)c2c1. The second-order valence-corrected chi connectivity index (χ2v) is 15.8. The van der Waals surface area contributed by atoms with Crippen LogP contribution < -0.4 is 9.47 Å². The highest BCUT2D eigenvalue weighted by Crippen LogP contribution is 2.41. The van der Waals surface area contributed by atoms with Crippen molar-refractivity contribution in [2.45, 2.75) is 29.8 Å². The van der Waals surface area contributed by atoms with Crippen LogP contribution in [0, 0.1) is 13.8 Å². The van der Waals surface area contributed by atoms with Crippen LogP contribution in [0.3, 0.4) is 0 Å². The van der Waals surface area contributed by atoms with Crippen molar-refractivity contribution in [3.63, 3.8) is 0 Å². The third-order valence-electron chi connectivity index (χ3n) is 8.82. The van der Waals surface area contributed by atoms with Crippen molar-refractivity contribution in [1.29, 1.82) is 0 Å². The number of alkyl halides is 3. The number of hydrogen-bond donors (Lipinski definition) is 0. The van der Waals surface area contributed by atoms with E-state index in [1.165, 1.54) is 63.0 Å². The van der Waals surface area contributed by atoms with Crippen molar-refractivity contribution in [3.05, 3.63) is 126 Å². The van der Waals surface area contributed by atoms with Crippen molar-refractivity contribution in [1.82, 2.24) is 12.9 Å². The van der Waals surface area contributed by atoms with Gasteiger partial charge in [0.05, 0.1) is 52.0 Å². The number of aromatic nitrogens is 3. The maximum atomic E-state index is 14.6. The summed E-state index contributed by atoms with van der Waals surface area (Å²) in [7, 11) is -5.66. The van der Waals surface area contributed by atoms with Crippen molar-refractivity contribution in [2.75, 3.05) is 14.2 Å². The summed E-state index contributed by atoms with van der Waals surface area (Å²) >= 11 is 0. The van der Waals surface area contributed by atoms with Gasteiger partial charge in [0.25, 0.3) is 20.0 Å². The van der Waals surface area contributed by atoms with Crippen LogP contribution in [-0.4, -0.2) is 44.0 Å². The number of pyridine rings is 1. The first-order valence-electron chi connectivity index (χ1n) is 15.7. The minimum absolute atomic E-state index is 0.0277. The van der Waals surface area contributed by atoms with Gasteiger partial charge in [0, 0.05) is 46.4 Å². The smallest absolute Gasteiger partial charge is 0.416 e. The molecule has 3 aromatic heterocycles. The second kappa shape index (κ2) is 12.6. The van der Waals surface area contributed by atoms with Gasteiger partial charge in [-0.05, 0) is 74.5 Å². The molecule has 0 aliphatic heterocycles. The largest absolute Gasteiger partial charge is 0.497 e. The van der Waals surface area contributed by atoms with Crippen LogP contribution in [0.5, 0.6) is 11.5 Å². The molecule has 0 N–H and O–H groups in total. The summed E-state index contributed by atoms with van der Waals surface area (Å²) in [6.45, 7) is 3.63. The van der Waals surface area contributed by atoms with E-state index in [9.17, 15) is 30.0 Å². The third kappa shape index (κ3) is 5.97. The fourth-order valence-electron chi connectivity index (χ4n) is 6.03. The molecular formula is C38H30F3N3O6S2. The van der Waals surface area contributed by atoms with Gasteiger partial charge in [0.1, 0.15) is 11.5 Å². The molecule has 0 aliphatic rings. The average Bonchev–Trinajstić information content (AvgIpc) is 3.71. The van der Waals surface area contributed by atoms with Crippen LogP contribution in [0.4, 0.5) is 13.2 Å². The first-order valence-corrected chi connectivity index (χ1v) is 18.6. The molecule has 0 atom stereocenters. The first kappa shape index (κ1) is 34.8. The van der Waals surface area contributed by atoms with Crippen LogP contribution in [0.2, 0.25) is 0 Å². The number of fused-ring (bicyclic) bond motifs is 2. The normalized spacial score (nSPS) is 12.4. The summed E-state index contributed by atoms with van der Waals surface area (Å²) in [5.41, 5.74) is 0.738. The zero-order valence-corrected chi connectivity index (χ0v) is 29.8. The Bertz CT molecular complexity index is 2560. The van der Waals surface area contributed by atoms with E-state index >= 15 is 0 Å². The zero-order chi connectivity index (χ0) is 37.2. The van der Waals surface area contributed by atoms with Gasteiger partial charge in [0.15, 0.2) is 0 Å². The highest BCUT2D eigenvalue weighted by Gasteiger charge is 2.34. The van der Waals surface area contributed by atoms with E-state index in [4.69, 9.17) is 9.47 Å². The maximum Gasteiger partial charge on any atom is 0.416 e. The number of hydrogen-bond acceptors (Lipinski definition) is 7. The van der Waals surface area contributed by atoms with E-state index in [0.29, 0.717) is 22.3 Å². The highest BCUT2D eigenvalue weighted by atomic mass is 32.2. The Balaban J connectivity index is 1.50. The highest BCUT2D eigenvalue weighted by molar-refractivity contribution is 7.90. The molecule has 0 spiro atoms. The van der Waals surface area contributed by atoms with Crippen molar-refractivity contribution >= 4 is 41.9 Å². The molecule has 0 fully saturated rings. The summed E-state index contributed by atoms with van der Waals surface area (Å²) < 4.78 is 113. The quantitative estimate of drug-likeness (QED) is 0.154.